The zero-order valence-electron chi connectivity index (χ0n) is 18.2. The molecule has 0 saturated carbocycles. The van der Waals surface area contributed by atoms with Crippen molar-refractivity contribution in [2.45, 2.75) is 11.3 Å². The van der Waals surface area contributed by atoms with E-state index in [-0.39, 0.29) is 22.8 Å². The van der Waals surface area contributed by atoms with Crippen LogP contribution in [0.4, 0.5) is 17.1 Å². The van der Waals surface area contributed by atoms with Crippen LogP contribution in [0.1, 0.15) is 26.3 Å². The van der Waals surface area contributed by atoms with Gasteiger partial charge in [0.2, 0.25) is 5.91 Å². The molecule has 5 rings (SSSR count). The highest BCUT2D eigenvalue weighted by Gasteiger charge is 2.41. The summed E-state index contributed by atoms with van der Waals surface area (Å²) in [6.45, 7) is 1.97. The Bertz CT molecular complexity index is 1530. The first-order valence-corrected chi connectivity index (χ1v) is 12.2. The number of rotatable bonds is 6. The van der Waals surface area contributed by atoms with E-state index >= 15 is 0 Å². The number of hydrogen-bond donors (Lipinski definition) is 1. The lowest BCUT2D eigenvalue weighted by atomic mass is 10.1. The zero-order valence-corrected chi connectivity index (χ0v) is 19.8. The number of aromatic nitrogens is 1. The van der Waals surface area contributed by atoms with Gasteiger partial charge in [-0.2, -0.15) is 0 Å². The maximum Gasteiger partial charge on any atom is 0.283 e. The van der Waals surface area contributed by atoms with Gasteiger partial charge in [-0.15, -0.1) is 11.3 Å². The van der Waals surface area contributed by atoms with Crippen LogP contribution in [0.25, 0.3) is 10.2 Å². The molecule has 0 atom stereocenters. The molecule has 2 heterocycles. The summed E-state index contributed by atoms with van der Waals surface area (Å²) in [5.74, 6) is -1.34. The fourth-order valence-electron chi connectivity index (χ4n) is 3.71. The van der Waals surface area contributed by atoms with E-state index in [9.17, 15) is 24.5 Å². The summed E-state index contributed by atoms with van der Waals surface area (Å²) in [7, 11) is 0. The lowest BCUT2D eigenvalue weighted by Crippen LogP contribution is -2.29. The number of thioether (sulfide) groups is 1. The number of anilines is 2. The van der Waals surface area contributed by atoms with E-state index in [1.807, 2.05) is 31.2 Å². The number of aryl methyl sites for hydroxylation is 1. The standard InChI is InChI=1S/C24H16N4O5S2/c1-13-5-7-14(8-6-13)25-20(29)12-34-24-26-17-10-9-15(11-19(17)35-24)27-22(30)16-3-2-4-18(28(32)33)21(16)23(27)31/h2-11H,12H2,1H3,(H,25,29). The van der Waals surface area contributed by atoms with Crippen molar-refractivity contribution in [2.75, 3.05) is 16.0 Å². The van der Waals surface area contributed by atoms with Crippen LogP contribution in [0.5, 0.6) is 0 Å². The minimum absolute atomic E-state index is 0.00411. The number of benzene rings is 3. The molecular weight excluding hydrogens is 488 g/mol. The van der Waals surface area contributed by atoms with Crippen molar-refractivity contribution in [3.8, 4) is 0 Å². The Morgan fingerprint density at radius 1 is 1.11 bits per heavy atom. The van der Waals surface area contributed by atoms with E-state index in [0.29, 0.717) is 15.5 Å². The van der Waals surface area contributed by atoms with Gasteiger partial charge in [-0.3, -0.25) is 24.5 Å². The Hall–Kier alpha value is -4.09. The maximum absolute atomic E-state index is 13.0. The number of thiazole rings is 1. The van der Waals surface area contributed by atoms with Crippen LogP contribution in [-0.4, -0.2) is 33.4 Å². The number of amides is 3. The van der Waals surface area contributed by atoms with Gasteiger partial charge >= 0.3 is 0 Å². The molecule has 35 heavy (non-hydrogen) atoms. The van der Waals surface area contributed by atoms with Crippen LogP contribution in [-0.2, 0) is 4.79 Å². The molecule has 1 aliphatic heterocycles. The van der Waals surface area contributed by atoms with Crippen LogP contribution in [0.15, 0.2) is 65.0 Å². The van der Waals surface area contributed by atoms with Gasteiger partial charge in [0.1, 0.15) is 5.56 Å². The normalized spacial score (nSPS) is 12.8. The summed E-state index contributed by atoms with van der Waals surface area (Å²) < 4.78 is 1.38. The smallest absolute Gasteiger partial charge is 0.283 e. The van der Waals surface area contributed by atoms with Crippen LogP contribution in [0.2, 0.25) is 0 Å². The van der Waals surface area contributed by atoms with E-state index in [2.05, 4.69) is 10.3 Å². The van der Waals surface area contributed by atoms with Crippen molar-refractivity contribution in [3.63, 3.8) is 0 Å². The van der Waals surface area contributed by atoms with Crippen molar-refractivity contribution in [1.82, 2.24) is 4.98 Å². The average Bonchev–Trinajstić information content (AvgIpc) is 3.36. The molecule has 3 amide bonds. The molecule has 0 fully saturated rings. The van der Waals surface area contributed by atoms with E-state index < -0.39 is 22.4 Å². The van der Waals surface area contributed by atoms with Gasteiger partial charge in [-0.25, -0.2) is 9.88 Å². The average molecular weight is 505 g/mol. The Labute approximate surface area is 206 Å². The van der Waals surface area contributed by atoms with Crippen molar-refractivity contribution in [2.24, 2.45) is 0 Å². The van der Waals surface area contributed by atoms with Crippen molar-refractivity contribution < 1.29 is 19.3 Å². The fourth-order valence-corrected chi connectivity index (χ4v) is 5.61. The van der Waals surface area contributed by atoms with E-state index in [4.69, 9.17) is 0 Å². The Kier molecular flexibility index (Phi) is 5.79. The Balaban J connectivity index is 1.34. The molecule has 0 saturated heterocycles. The van der Waals surface area contributed by atoms with Gasteiger partial charge in [-0.1, -0.05) is 35.5 Å². The van der Waals surface area contributed by atoms with Crippen molar-refractivity contribution in [3.05, 3.63) is 87.5 Å². The number of nitrogens with one attached hydrogen (secondary N) is 1. The van der Waals surface area contributed by atoms with Crippen molar-refractivity contribution in [1.29, 1.82) is 0 Å². The van der Waals surface area contributed by atoms with E-state index in [0.717, 1.165) is 20.9 Å². The zero-order chi connectivity index (χ0) is 24.7. The second-order valence-corrected chi connectivity index (χ2v) is 9.99. The first kappa shape index (κ1) is 22.7. The van der Waals surface area contributed by atoms with Gasteiger partial charge in [0.15, 0.2) is 4.34 Å². The van der Waals surface area contributed by atoms with Gasteiger partial charge in [-0.05, 0) is 43.3 Å². The molecule has 174 valence electrons. The van der Waals surface area contributed by atoms with Crippen LogP contribution in [0, 0.1) is 17.0 Å². The lowest BCUT2D eigenvalue weighted by Gasteiger charge is -2.13. The number of carbonyl (C=O) groups excluding carboxylic acids is 3. The van der Waals surface area contributed by atoms with Gasteiger partial charge in [0.25, 0.3) is 17.5 Å². The molecule has 1 aliphatic rings. The summed E-state index contributed by atoms with van der Waals surface area (Å²) in [6.07, 6.45) is 0. The van der Waals surface area contributed by atoms with Gasteiger partial charge in [0, 0.05) is 11.8 Å². The third-order valence-corrected chi connectivity index (χ3v) is 7.52. The predicted octanol–water partition coefficient (Wildman–Crippen LogP) is 5.04. The Morgan fingerprint density at radius 3 is 2.63 bits per heavy atom. The number of nitro benzene ring substituents is 1. The van der Waals surface area contributed by atoms with E-state index in [1.54, 1.807) is 18.2 Å². The highest BCUT2D eigenvalue weighted by atomic mass is 32.2. The summed E-state index contributed by atoms with van der Waals surface area (Å²) in [5, 5.41) is 14.2. The van der Waals surface area contributed by atoms with E-state index in [1.165, 1.54) is 41.3 Å². The number of nitro groups is 1. The van der Waals surface area contributed by atoms with Crippen LogP contribution in [0.3, 0.4) is 0 Å². The third-order valence-electron chi connectivity index (χ3n) is 5.36. The first-order chi connectivity index (χ1) is 16.8. The molecule has 0 unspecified atom stereocenters. The molecule has 1 N–H and O–H groups in total. The van der Waals surface area contributed by atoms with Crippen molar-refractivity contribution >= 4 is 68.1 Å². The molecule has 0 spiro atoms. The molecule has 0 radical (unpaired) electrons. The molecule has 0 bridgehead atoms. The quantitative estimate of drug-likeness (QED) is 0.169. The molecule has 11 heteroatoms. The SMILES string of the molecule is Cc1ccc(NC(=O)CSc2nc3ccc(N4C(=O)c5cccc([N+](=O)[O-])c5C4=O)cc3s2)cc1. The third kappa shape index (κ3) is 4.27. The predicted molar refractivity (Wildman–Crippen MR) is 134 cm³/mol. The first-order valence-electron chi connectivity index (χ1n) is 10.4. The molecular formula is C24H16N4O5S2. The number of fused-ring (bicyclic) bond motifs is 2. The molecule has 0 aliphatic carbocycles. The largest absolute Gasteiger partial charge is 0.325 e. The second kappa shape index (κ2) is 8.93. The lowest BCUT2D eigenvalue weighted by molar-refractivity contribution is -0.385. The summed E-state index contributed by atoms with van der Waals surface area (Å²) in [4.78, 5) is 54.3. The molecule has 4 aromatic rings. The maximum atomic E-state index is 13.0. The van der Waals surface area contributed by atoms with Crippen LogP contribution < -0.4 is 10.2 Å². The Morgan fingerprint density at radius 2 is 1.89 bits per heavy atom. The van der Waals surface area contributed by atoms with Gasteiger partial charge in [0.05, 0.1) is 32.1 Å². The fraction of sp³-hybridized carbons (Fsp3) is 0.0833. The molecule has 3 aromatic carbocycles. The van der Waals surface area contributed by atoms with Crippen LogP contribution >= 0.6 is 23.1 Å². The topological polar surface area (TPSA) is 123 Å². The summed E-state index contributed by atoms with van der Waals surface area (Å²) in [5.41, 5.74) is 2.18. The molecule has 1 aromatic heterocycles. The minimum Gasteiger partial charge on any atom is -0.325 e. The summed E-state index contributed by atoms with van der Waals surface area (Å²) >= 11 is 2.61. The molecule has 9 nitrogen and oxygen atoms in total. The number of hydrogen-bond acceptors (Lipinski definition) is 8. The van der Waals surface area contributed by atoms with Gasteiger partial charge < -0.3 is 5.32 Å². The number of imide groups is 1. The minimum atomic E-state index is -0.733. The highest BCUT2D eigenvalue weighted by molar-refractivity contribution is 8.01. The number of carbonyl (C=O) groups is 3. The second-order valence-electron chi connectivity index (χ2n) is 7.74. The highest BCUT2D eigenvalue weighted by Crippen LogP contribution is 2.37. The number of nitrogens with zero attached hydrogens (tertiary/aromatic N) is 3. The summed E-state index contributed by atoms with van der Waals surface area (Å²) in [6, 6.07) is 16.4. The monoisotopic (exact) mass is 504 g/mol.